The highest BCUT2D eigenvalue weighted by atomic mass is 35.5. The summed E-state index contributed by atoms with van der Waals surface area (Å²) in [5, 5.41) is 12.7. The molecule has 0 fully saturated rings. The molecule has 3 N–H and O–H groups in total. The molecule has 0 spiro atoms. The summed E-state index contributed by atoms with van der Waals surface area (Å²) in [4.78, 5) is 14.7. The van der Waals surface area contributed by atoms with E-state index in [0.717, 1.165) is 5.56 Å². The molecule has 0 saturated heterocycles. The lowest BCUT2D eigenvalue weighted by atomic mass is 10.1. The van der Waals surface area contributed by atoms with Crippen LogP contribution in [0.5, 0.6) is 0 Å². The second kappa shape index (κ2) is 5.71. The third-order valence-corrected chi connectivity index (χ3v) is 2.83. The van der Waals surface area contributed by atoms with Gasteiger partial charge in [0.05, 0.1) is 18.2 Å². The molecule has 2 aromatic rings. The molecule has 0 radical (unpaired) electrons. The monoisotopic (exact) mass is 264 g/mol. The summed E-state index contributed by atoms with van der Waals surface area (Å²) in [6.07, 6.45) is 3.27. The predicted octanol–water partition coefficient (Wildman–Crippen LogP) is 2.13. The number of aliphatic hydroxyl groups is 1. The van der Waals surface area contributed by atoms with Crippen LogP contribution < -0.4 is 5.32 Å². The molecule has 0 aliphatic carbocycles. The molecule has 4 nitrogen and oxygen atoms in total. The summed E-state index contributed by atoms with van der Waals surface area (Å²) >= 11 is 5.88. The van der Waals surface area contributed by atoms with Crippen LogP contribution in [0.2, 0.25) is 5.02 Å². The molecule has 0 aliphatic heterocycles. The molecule has 1 aromatic heterocycles. The maximum absolute atomic E-state index is 11.9. The van der Waals surface area contributed by atoms with Crippen LogP contribution in [0.1, 0.15) is 22.0 Å². The lowest BCUT2D eigenvalue weighted by Crippen LogP contribution is -2.30. The smallest absolute Gasteiger partial charge is 0.253 e. The molecule has 2 rings (SSSR count). The topological polar surface area (TPSA) is 65.1 Å². The first kappa shape index (κ1) is 12.7. The van der Waals surface area contributed by atoms with Crippen LogP contribution in [-0.4, -0.2) is 22.6 Å². The number of amides is 1. The van der Waals surface area contributed by atoms with Gasteiger partial charge in [0, 0.05) is 17.4 Å². The molecule has 1 heterocycles. The van der Waals surface area contributed by atoms with Crippen molar-refractivity contribution in [2.45, 2.75) is 6.04 Å². The summed E-state index contributed by atoms with van der Waals surface area (Å²) in [6, 6.07) is 8.26. The summed E-state index contributed by atoms with van der Waals surface area (Å²) < 4.78 is 0. The van der Waals surface area contributed by atoms with E-state index in [9.17, 15) is 9.90 Å². The van der Waals surface area contributed by atoms with E-state index in [1.807, 2.05) is 6.07 Å². The van der Waals surface area contributed by atoms with Crippen molar-refractivity contribution in [3.05, 3.63) is 58.9 Å². The fourth-order valence-electron chi connectivity index (χ4n) is 1.66. The van der Waals surface area contributed by atoms with Crippen molar-refractivity contribution in [2.75, 3.05) is 6.61 Å². The van der Waals surface area contributed by atoms with Gasteiger partial charge in [-0.05, 0) is 23.8 Å². The van der Waals surface area contributed by atoms with Crippen molar-refractivity contribution in [1.82, 2.24) is 10.3 Å². The largest absolute Gasteiger partial charge is 0.394 e. The number of aliphatic hydroxyl groups excluding tert-OH is 1. The minimum atomic E-state index is -0.467. The van der Waals surface area contributed by atoms with Gasteiger partial charge in [0.1, 0.15) is 0 Å². The minimum Gasteiger partial charge on any atom is -0.394 e. The molecule has 18 heavy (non-hydrogen) atoms. The molecular weight excluding hydrogens is 252 g/mol. The molecule has 0 bridgehead atoms. The van der Waals surface area contributed by atoms with Crippen molar-refractivity contribution < 1.29 is 9.90 Å². The molecule has 1 amide bonds. The van der Waals surface area contributed by atoms with E-state index < -0.39 is 6.04 Å². The highest BCUT2D eigenvalue weighted by Gasteiger charge is 2.15. The molecule has 1 atom stereocenters. The number of aromatic amines is 1. The molecular formula is C13H13ClN2O2. The van der Waals surface area contributed by atoms with Gasteiger partial charge >= 0.3 is 0 Å². The Labute approximate surface area is 110 Å². The van der Waals surface area contributed by atoms with E-state index in [0.29, 0.717) is 10.6 Å². The number of rotatable bonds is 4. The third-order valence-electron chi connectivity index (χ3n) is 2.60. The highest BCUT2D eigenvalue weighted by Crippen LogP contribution is 2.18. The zero-order valence-electron chi connectivity index (χ0n) is 9.56. The van der Waals surface area contributed by atoms with E-state index in [4.69, 9.17) is 11.6 Å². The molecule has 0 saturated carbocycles. The maximum atomic E-state index is 11.9. The van der Waals surface area contributed by atoms with Crippen molar-refractivity contribution in [2.24, 2.45) is 0 Å². The van der Waals surface area contributed by atoms with Gasteiger partial charge in [-0.25, -0.2) is 0 Å². The van der Waals surface area contributed by atoms with Gasteiger partial charge in [0.2, 0.25) is 0 Å². The number of hydrogen-bond donors (Lipinski definition) is 3. The Balaban J connectivity index is 2.13. The van der Waals surface area contributed by atoms with E-state index >= 15 is 0 Å². The Hall–Kier alpha value is -1.78. The third kappa shape index (κ3) is 2.91. The lowest BCUT2D eigenvalue weighted by molar-refractivity contribution is 0.0916. The zero-order chi connectivity index (χ0) is 13.0. The lowest BCUT2D eigenvalue weighted by Gasteiger charge is -2.16. The second-order valence-electron chi connectivity index (χ2n) is 3.86. The summed E-state index contributed by atoms with van der Waals surface area (Å²) in [7, 11) is 0. The van der Waals surface area contributed by atoms with E-state index in [1.54, 1.807) is 36.7 Å². The Morgan fingerprint density at radius 1 is 1.44 bits per heavy atom. The molecule has 1 aromatic carbocycles. The Kier molecular flexibility index (Phi) is 4.02. The van der Waals surface area contributed by atoms with E-state index in [1.165, 1.54) is 0 Å². The fraction of sp³-hybridized carbons (Fsp3) is 0.154. The first-order valence-electron chi connectivity index (χ1n) is 5.50. The first-order valence-corrected chi connectivity index (χ1v) is 5.88. The van der Waals surface area contributed by atoms with Gasteiger partial charge < -0.3 is 15.4 Å². The number of H-pyrrole nitrogens is 1. The second-order valence-corrected chi connectivity index (χ2v) is 4.30. The molecule has 5 heteroatoms. The van der Waals surface area contributed by atoms with Crippen molar-refractivity contribution in [1.29, 1.82) is 0 Å². The number of carbonyl (C=O) groups excluding carboxylic acids is 1. The van der Waals surface area contributed by atoms with Crippen LogP contribution in [0.4, 0.5) is 0 Å². The van der Waals surface area contributed by atoms with Crippen LogP contribution in [0.15, 0.2) is 42.7 Å². The van der Waals surface area contributed by atoms with E-state index in [2.05, 4.69) is 10.3 Å². The summed E-state index contributed by atoms with van der Waals surface area (Å²) in [5.74, 6) is -0.240. The Morgan fingerprint density at radius 2 is 2.28 bits per heavy atom. The van der Waals surface area contributed by atoms with Crippen molar-refractivity contribution >= 4 is 17.5 Å². The predicted molar refractivity (Wildman–Crippen MR) is 69.5 cm³/mol. The van der Waals surface area contributed by atoms with Gasteiger partial charge in [0.25, 0.3) is 5.91 Å². The van der Waals surface area contributed by atoms with Crippen molar-refractivity contribution in [3.8, 4) is 0 Å². The maximum Gasteiger partial charge on any atom is 0.253 e. The number of nitrogens with one attached hydrogen (secondary N) is 2. The van der Waals surface area contributed by atoms with Crippen LogP contribution in [0.25, 0.3) is 0 Å². The van der Waals surface area contributed by atoms with Crippen molar-refractivity contribution in [3.63, 3.8) is 0 Å². The fourth-order valence-corrected chi connectivity index (χ4v) is 1.86. The number of aromatic nitrogens is 1. The number of carbonyl (C=O) groups is 1. The Morgan fingerprint density at radius 3 is 2.89 bits per heavy atom. The first-order chi connectivity index (χ1) is 8.70. The molecule has 1 unspecified atom stereocenters. The minimum absolute atomic E-state index is 0.184. The average Bonchev–Trinajstić information content (AvgIpc) is 2.89. The van der Waals surface area contributed by atoms with Crippen LogP contribution in [0, 0.1) is 0 Å². The van der Waals surface area contributed by atoms with Gasteiger partial charge in [-0.3, -0.25) is 4.79 Å². The van der Waals surface area contributed by atoms with Crippen LogP contribution in [0.3, 0.4) is 0 Å². The summed E-state index contributed by atoms with van der Waals surface area (Å²) in [5.41, 5.74) is 1.30. The molecule has 94 valence electrons. The average molecular weight is 265 g/mol. The van der Waals surface area contributed by atoms with Gasteiger partial charge in [0.15, 0.2) is 0 Å². The highest BCUT2D eigenvalue weighted by molar-refractivity contribution is 6.30. The zero-order valence-corrected chi connectivity index (χ0v) is 10.3. The normalized spacial score (nSPS) is 12.1. The SMILES string of the molecule is O=C(NC(CO)c1cccc(Cl)c1)c1cc[nH]c1. The summed E-state index contributed by atoms with van der Waals surface area (Å²) in [6.45, 7) is -0.184. The van der Waals surface area contributed by atoms with Crippen LogP contribution in [-0.2, 0) is 0 Å². The standard InChI is InChI=1S/C13H13ClN2O2/c14-11-3-1-2-9(6-11)12(8-17)16-13(18)10-4-5-15-7-10/h1-7,12,15,17H,8H2,(H,16,18). The van der Waals surface area contributed by atoms with Gasteiger partial charge in [-0.15, -0.1) is 0 Å². The van der Waals surface area contributed by atoms with Gasteiger partial charge in [-0.1, -0.05) is 23.7 Å². The number of halogens is 1. The van der Waals surface area contributed by atoms with E-state index in [-0.39, 0.29) is 12.5 Å². The number of hydrogen-bond acceptors (Lipinski definition) is 2. The van der Waals surface area contributed by atoms with Gasteiger partial charge in [-0.2, -0.15) is 0 Å². The Bertz CT molecular complexity index is 526. The van der Waals surface area contributed by atoms with Crippen LogP contribution >= 0.6 is 11.6 Å². The number of benzene rings is 1. The quantitative estimate of drug-likeness (QED) is 0.792. The molecule has 0 aliphatic rings.